The number of rotatable bonds is 4. The van der Waals surface area contributed by atoms with Crippen molar-refractivity contribution in [3.63, 3.8) is 0 Å². The van der Waals surface area contributed by atoms with Gasteiger partial charge < -0.3 is 0 Å². The van der Waals surface area contributed by atoms with Gasteiger partial charge in [0.15, 0.2) is 0 Å². The van der Waals surface area contributed by atoms with Gasteiger partial charge in [-0.15, -0.1) is 10.2 Å². The Morgan fingerprint density at radius 2 is 2.00 bits per heavy atom. The van der Waals surface area contributed by atoms with E-state index < -0.39 is 0 Å². The number of para-hydroxylation sites is 1. The standard InChI is InChI=1S/C14H15IN6/c1-3-10-7-5-6-8-12(10)21-13(15)11(9-16-21)14-17-19-20(4-2)18-14/h5-9H,3-4H2,1-2H3. The molecule has 0 aliphatic heterocycles. The van der Waals surface area contributed by atoms with Crippen molar-refractivity contribution in [3.8, 4) is 17.1 Å². The van der Waals surface area contributed by atoms with Crippen LogP contribution in [0.2, 0.25) is 0 Å². The average molecular weight is 394 g/mol. The third-order valence-electron chi connectivity index (χ3n) is 3.29. The molecular weight excluding hydrogens is 379 g/mol. The molecule has 0 saturated carbocycles. The third kappa shape index (κ3) is 2.57. The van der Waals surface area contributed by atoms with Crippen molar-refractivity contribution >= 4 is 22.6 Å². The van der Waals surface area contributed by atoms with Gasteiger partial charge in [0.2, 0.25) is 5.82 Å². The molecule has 2 heterocycles. The van der Waals surface area contributed by atoms with E-state index in [9.17, 15) is 0 Å². The molecule has 21 heavy (non-hydrogen) atoms. The number of hydrogen-bond acceptors (Lipinski definition) is 4. The Bertz CT molecular complexity index is 760. The number of aryl methyl sites for hydroxylation is 2. The number of benzene rings is 1. The van der Waals surface area contributed by atoms with E-state index in [-0.39, 0.29) is 0 Å². The monoisotopic (exact) mass is 394 g/mol. The van der Waals surface area contributed by atoms with Crippen molar-refractivity contribution < 1.29 is 0 Å². The minimum atomic E-state index is 0.612. The molecule has 0 bridgehead atoms. The average Bonchev–Trinajstić information content (AvgIpc) is 3.13. The van der Waals surface area contributed by atoms with Crippen LogP contribution in [0.4, 0.5) is 0 Å². The Morgan fingerprint density at radius 1 is 1.19 bits per heavy atom. The lowest BCUT2D eigenvalue weighted by Crippen LogP contribution is -2.03. The van der Waals surface area contributed by atoms with Crippen molar-refractivity contribution in [1.82, 2.24) is 30.0 Å². The van der Waals surface area contributed by atoms with Gasteiger partial charge >= 0.3 is 0 Å². The molecule has 3 aromatic rings. The predicted octanol–water partition coefficient (Wildman–Crippen LogP) is 2.71. The molecular formula is C14H15IN6. The van der Waals surface area contributed by atoms with Gasteiger partial charge in [-0.05, 0) is 52.8 Å². The van der Waals surface area contributed by atoms with E-state index in [1.165, 1.54) is 5.56 Å². The maximum absolute atomic E-state index is 4.50. The Morgan fingerprint density at radius 3 is 2.71 bits per heavy atom. The van der Waals surface area contributed by atoms with Crippen molar-refractivity contribution in [2.45, 2.75) is 26.8 Å². The summed E-state index contributed by atoms with van der Waals surface area (Å²) in [5, 5.41) is 16.9. The molecule has 0 atom stereocenters. The molecule has 0 unspecified atom stereocenters. The lowest BCUT2D eigenvalue weighted by molar-refractivity contribution is 0.552. The van der Waals surface area contributed by atoms with Crippen LogP contribution in [-0.4, -0.2) is 30.0 Å². The van der Waals surface area contributed by atoms with E-state index in [2.05, 4.69) is 62.2 Å². The molecule has 0 aliphatic carbocycles. The topological polar surface area (TPSA) is 61.4 Å². The molecule has 0 spiro atoms. The first-order chi connectivity index (χ1) is 10.2. The van der Waals surface area contributed by atoms with E-state index >= 15 is 0 Å². The second-order valence-electron chi connectivity index (χ2n) is 4.54. The zero-order valence-electron chi connectivity index (χ0n) is 11.9. The third-order valence-corrected chi connectivity index (χ3v) is 4.33. The van der Waals surface area contributed by atoms with E-state index in [0.717, 1.165) is 21.4 Å². The normalized spacial score (nSPS) is 11.0. The molecule has 6 nitrogen and oxygen atoms in total. The summed E-state index contributed by atoms with van der Waals surface area (Å²) in [6, 6.07) is 8.28. The van der Waals surface area contributed by atoms with Crippen LogP contribution < -0.4 is 0 Å². The van der Waals surface area contributed by atoms with Crippen molar-refractivity contribution in [2.75, 3.05) is 0 Å². The van der Waals surface area contributed by atoms with E-state index in [1.807, 2.05) is 23.7 Å². The molecule has 3 rings (SSSR count). The van der Waals surface area contributed by atoms with Gasteiger partial charge in [-0.3, -0.25) is 0 Å². The van der Waals surface area contributed by atoms with Crippen LogP contribution in [0.1, 0.15) is 19.4 Å². The first-order valence-corrected chi connectivity index (χ1v) is 7.92. The van der Waals surface area contributed by atoms with Gasteiger partial charge in [0.1, 0.15) is 3.70 Å². The molecule has 2 aromatic heterocycles. The summed E-state index contributed by atoms with van der Waals surface area (Å²) in [4.78, 5) is 1.57. The van der Waals surface area contributed by atoms with Gasteiger partial charge in [0.05, 0.1) is 24.0 Å². The van der Waals surface area contributed by atoms with Crippen LogP contribution in [0.3, 0.4) is 0 Å². The van der Waals surface area contributed by atoms with Crippen LogP contribution in [0.5, 0.6) is 0 Å². The fourth-order valence-electron chi connectivity index (χ4n) is 2.15. The zero-order chi connectivity index (χ0) is 14.8. The highest BCUT2D eigenvalue weighted by Gasteiger charge is 2.16. The molecule has 108 valence electrons. The number of hydrogen-bond donors (Lipinski definition) is 0. The van der Waals surface area contributed by atoms with E-state index in [4.69, 9.17) is 0 Å². The summed E-state index contributed by atoms with van der Waals surface area (Å²) in [6.07, 6.45) is 2.76. The van der Waals surface area contributed by atoms with Gasteiger partial charge in [-0.2, -0.15) is 9.90 Å². The quantitative estimate of drug-likeness (QED) is 0.639. The Kier molecular flexibility index (Phi) is 4.00. The molecule has 0 radical (unpaired) electrons. The van der Waals surface area contributed by atoms with E-state index in [0.29, 0.717) is 12.4 Å². The predicted molar refractivity (Wildman–Crippen MR) is 88.1 cm³/mol. The zero-order valence-corrected chi connectivity index (χ0v) is 14.0. The Labute approximate surface area is 136 Å². The van der Waals surface area contributed by atoms with Crippen molar-refractivity contribution in [3.05, 3.63) is 39.7 Å². The summed E-state index contributed by atoms with van der Waals surface area (Å²) in [7, 11) is 0. The van der Waals surface area contributed by atoms with Gasteiger partial charge in [-0.1, -0.05) is 25.1 Å². The first-order valence-electron chi connectivity index (χ1n) is 6.84. The SMILES string of the molecule is CCc1ccccc1-n1ncc(-c2nnn(CC)n2)c1I. The summed E-state index contributed by atoms with van der Waals surface area (Å²) in [5.41, 5.74) is 3.26. The molecule has 0 amide bonds. The molecule has 1 aromatic carbocycles. The van der Waals surface area contributed by atoms with Crippen LogP contribution in [0, 0.1) is 3.70 Å². The van der Waals surface area contributed by atoms with Crippen LogP contribution >= 0.6 is 22.6 Å². The highest BCUT2D eigenvalue weighted by molar-refractivity contribution is 14.1. The molecule has 0 fully saturated rings. The molecule has 7 heteroatoms. The highest BCUT2D eigenvalue weighted by Crippen LogP contribution is 2.25. The van der Waals surface area contributed by atoms with Gasteiger partial charge in [0.25, 0.3) is 0 Å². The number of aromatic nitrogens is 6. The minimum absolute atomic E-state index is 0.612. The maximum Gasteiger partial charge on any atom is 0.209 e. The lowest BCUT2D eigenvalue weighted by Gasteiger charge is -2.08. The van der Waals surface area contributed by atoms with Crippen molar-refractivity contribution in [2.24, 2.45) is 0 Å². The van der Waals surface area contributed by atoms with Crippen LogP contribution in [-0.2, 0) is 13.0 Å². The van der Waals surface area contributed by atoms with Crippen LogP contribution in [0.25, 0.3) is 17.1 Å². The second kappa shape index (κ2) is 5.92. The summed E-state index contributed by atoms with van der Waals surface area (Å²) in [6.45, 7) is 4.83. The number of halogens is 1. The number of nitrogens with zero attached hydrogens (tertiary/aromatic N) is 6. The largest absolute Gasteiger partial charge is 0.227 e. The number of tetrazole rings is 1. The first kappa shape index (κ1) is 14.2. The summed E-state index contributed by atoms with van der Waals surface area (Å²) >= 11 is 2.28. The summed E-state index contributed by atoms with van der Waals surface area (Å²) < 4.78 is 2.92. The minimum Gasteiger partial charge on any atom is -0.227 e. The molecule has 0 N–H and O–H groups in total. The molecule has 0 saturated heterocycles. The lowest BCUT2D eigenvalue weighted by atomic mass is 10.1. The maximum atomic E-state index is 4.50. The molecule has 0 aliphatic rings. The fraction of sp³-hybridized carbons (Fsp3) is 0.286. The Balaban J connectivity index is 2.07. The van der Waals surface area contributed by atoms with Gasteiger partial charge in [0, 0.05) is 0 Å². The Hall–Kier alpha value is -1.77. The summed E-state index contributed by atoms with van der Waals surface area (Å²) in [5.74, 6) is 0.612. The van der Waals surface area contributed by atoms with Gasteiger partial charge in [-0.25, -0.2) is 4.68 Å². The highest BCUT2D eigenvalue weighted by atomic mass is 127. The van der Waals surface area contributed by atoms with Crippen molar-refractivity contribution in [1.29, 1.82) is 0 Å². The second-order valence-corrected chi connectivity index (χ2v) is 5.57. The smallest absolute Gasteiger partial charge is 0.209 e. The fourth-order valence-corrected chi connectivity index (χ4v) is 2.92. The van der Waals surface area contributed by atoms with Crippen LogP contribution in [0.15, 0.2) is 30.5 Å². The van der Waals surface area contributed by atoms with E-state index in [1.54, 1.807) is 11.0 Å².